The van der Waals surface area contributed by atoms with Crippen LogP contribution < -0.4 is 5.32 Å². The van der Waals surface area contributed by atoms with Crippen molar-refractivity contribution in [2.24, 2.45) is 5.92 Å². The van der Waals surface area contributed by atoms with E-state index in [-0.39, 0.29) is 30.4 Å². The summed E-state index contributed by atoms with van der Waals surface area (Å²) in [6, 6.07) is 6.76. The van der Waals surface area contributed by atoms with Gasteiger partial charge in [-0.15, -0.1) is 0 Å². The fourth-order valence-corrected chi connectivity index (χ4v) is 3.00. The third-order valence-electron chi connectivity index (χ3n) is 4.26. The van der Waals surface area contributed by atoms with Crippen molar-refractivity contribution in [3.63, 3.8) is 0 Å². The summed E-state index contributed by atoms with van der Waals surface area (Å²) in [7, 11) is 1.34. The number of hydrogen-bond acceptors (Lipinski definition) is 5. The Kier molecular flexibility index (Phi) is 7.15. The van der Waals surface area contributed by atoms with E-state index in [4.69, 9.17) is 9.47 Å². The van der Waals surface area contributed by atoms with E-state index in [1.807, 2.05) is 0 Å². The van der Waals surface area contributed by atoms with Gasteiger partial charge in [0, 0.05) is 37.9 Å². The van der Waals surface area contributed by atoms with Crippen LogP contribution in [0, 0.1) is 5.92 Å². The lowest BCUT2D eigenvalue weighted by atomic mass is 10.1. The maximum Gasteiger partial charge on any atom is 0.310 e. The standard InChI is InChI=1S/C19H26N2O5/c1-13(19(24)25-3)11-21(12-17-8-5-9-26-17)18(23)15-6-4-7-16(10-15)20-14(2)22/h4,6-7,10,13,17H,5,8-9,11-12H2,1-3H3,(H,20,22). The Bertz CT molecular complexity index is 655. The predicted octanol–water partition coefficient (Wildman–Crippen LogP) is 2.08. The number of esters is 1. The maximum absolute atomic E-state index is 13.0. The van der Waals surface area contributed by atoms with Crippen LogP contribution in [0.2, 0.25) is 0 Å². The number of rotatable bonds is 7. The quantitative estimate of drug-likeness (QED) is 0.751. The van der Waals surface area contributed by atoms with Gasteiger partial charge in [-0.25, -0.2) is 0 Å². The second-order valence-electron chi connectivity index (χ2n) is 6.53. The number of anilines is 1. The highest BCUT2D eigenvalue weighted by Gasteiger charge is 2.27. The van der Waals surface area contributed by atoms with Crippen LogP contribution in [-0.2, 0) is 19.1 Å². The zero-order valence-electron chi connectivity index (χ0n) is 15.5. The Labute approximate surface area is 153 Å². The third-order valence-corrected chi connectivity index (χ3v) is 4.26. The molecule has 7 nitrogen and oxygen atoms in total. The van der Waals surface area contributed by atoms with Crippen LogP contribution >= 0.6 is 0 Å². The monoisotopic (exact) mass is 362 g/mol. The number of ether oxygens (including phenoxy) is 2. The number of nitrogens with zero attached hydrogens (tertiary/aromatic N) is 1. The van der Waals surface area contributed by atoms with Gasteiger partial charge >= 0.3 is 5.97 Å². The number of methoxy groups -OCH3 is 1. The van der Waals surface area contributed by atoms with E-state index < -0.39 is 5.92 Å². The number of carbonyl (C=O) groups excluding carboxylic acids is 3. The van der Waals surface area contributed by atoms with Crippen molar-refractivity contribution < 1.29 is 23.9 Å². The Morgan fingerprint density at radius 2 is 2.15 bits per heavy atom. The lowest BCUT2D eigenvalue weighted by molar-refractivity contribution is -0.145. The highest BCUT2D eigenvalue weighted by Crippen LogP contribution is 2.18. The van der Waals surface area contributed by atoms with Gasteiger partial charge in [0.15, 0.2) is 0 Å². The Balaban J connectivity index is 2.17. The van der Waals surface area contributed by atoms with Crippen LogP contribution in [0.5, 0.6) is 0 Å². The number of nitrogens with one attached hydrogen (secondary N) is 1. The van der Waals surface area contributed by atoms with Crippen LogP contribution in [0.4, 0.5) is 5.69 Å². The van der Waals surface area contributed by atoms with Crippen LogP contribution in [0.15, 0.2) is 24.3 Å². The van der Waals surface area contributed by atoms with Crippen molar-refractivity contribution in [2.45, 2.75) is 32.8 Å². The Hall–Kier alpha value is -2.41. The summed E-state index contributed by atoms with van der Waals surface area (Å²) in [5.74, 6) is -1.21. The molecule has 1 saturated heterocycles. The molecule has 0 radical (unpaired) electrons. The molecule has 0 aromatic heterocycles. The molecule has 142 valence electrons. The van der Waals surface area contributed by atoms with Gasteiger partial charge in [-0.2, -0.15) is 0 Å². The molecule has 2 atom stereocenters. The van der Waals surface area contributed by atoms with Gasteiger partial charge in [-0.3, -0.25) is 14.4 Å². The molecule has 1 fully saturated rings. The van der Waals surface area contributed by atoms with E-state index in [2.05, 4.69) is 5.32 Å². The van der Waals surface area contributed by atoms with Crippen molar-refractivity contribution >= 4 is 23.5 Å². The molecular formula is C19H26N2O5. The fourth-order valence-electron chi connectivity index (χ4n) is 3.00. The van der Waals surface area contributed by atoms with Crippen molar-refractivity contribution in [1.82, 2.24) is 4.90 Å². The minimum absolute atomic E-state index is 0.0256. The molecule has 0 bridgehead atoms. The highest BCUT2D eigenvalue weighted by atomic mass is 16.5. The summed E-state index contributed by atoms with van der Waals surface area (Å²) in [6.45, 7) is 4.50. The smallest absolute Gasteiger partial charge is 0.310 e. The predicted molar refractivity (Wildman–Crippen MR) is 96.8 cm³/mol. The average Bonchev–Trinajstić information content (AvgIpc) is 3.12. The van der Waals surface area contributed by atoms with E-state index >= 15 is 0 Å². The normalized spacial score (nSPS) is 17.4. The minimum atomic E-state index is -0.441. The molecule has 1 aromatic carbocycles. The lowest BCUT2D eigenvalue weighted by Crippen LogP contribution is -2.41. The van der Waals surface area contributed by atoms with Gasteiger partial charge < -0.3 is 19.7 Å². The molecule has 7 heteroatoms. The third kappa shape index (κ3) is 5.56. The molecular weight excluding hydrogens is 336 g/mol. The molecule has 26 heavy (non-hydrogen) atoms. The summed E-state index contributed by atoms with van der Waals surface area (Å²) in [5, 5.41) is 2.67. The Morgan fingerprint density at radius 1 is 1.38 bits per heavy atom. The van der Waals surface area contributed by atoms with Crippen molar-refractivity contribution in [3.05, 3.63) is 29.8 Å². The lowest BCUT2D eigenvalue weighted by Gasteiger charge is -2.27. The van der Waals surface area contributed by atoms with Crippen LogP contribution in [0.3, 0.4) is 0 Å². The summed E-state index contributed by atoms with van der Waals surface area (Å²) >= 11 is 0. The van der Waals surface area contributed by atoms with E-state index in [0.29, 0.717) is 24.4 Å². The fraction of sp³-hybridized carbons (Fsp3) is 0.526. The van der Waals surface area contributed by atoms with E-state index in [1.54, 1.807) is 36.1 Å². The van der Waals surface area contributed by atoms with Crippen molar-refractivity contribution in [3.8, 4) is 0 Å². The van der Waals surface area contributed by atoms with E-state index in [0.717, 1.165) is 12.8 Å². The topological polar surface area (TPSA) is 84.9 Å². The summed E-state index contributed by atoms with van der Waals surface area (Å²) in [4.78, 5) is 37.7. The SMILES string of the molecule is COC(=O)C(C)CN(CC1CCCO1)C(=O)c1cccc(NC(C)=O)c1. The highest BCUT2D eigenvalue weighted by molar-refractivity contribution is 5.97. The molecule has 2 rings (SSSR count). The van der Waals surface area contributed by atoms with Crippen LogP contribution in [0.1, 0.15) is 37.0 Å². The second kappa shape index (κ2) is 9.33. The molecule has 1 aromatic rings. The van der Waals surface area contributed by atoms with E-state index in [9.17, 15) is 14.4 Å². The van der Waals surface area contributed by atoms with Gasteiger partial charge in [0.25, 0.3) is 5.91 Å². The molecule has 0 saturated carbocycles. The number of benzene rings is 1. The molecule has 0 aliphatic carbocycles. The van der Waals surface area contributed by atoms with Gasteiger partial charge in [0.05, 0.1) is 19.1 Å². The molecule has 1 aliphatic heterocycles. The maximum atomic E-state index is 13.0. The van der Waals surface area contributed by atoms with Gasteiger partial charge in [-0.05, 0) is 31.0 Å². The molecule has 0 spiro atoms. The van der Waals surface area contributed by atoms with Crippen LogP contribution in [-0.4, -0.2) is 55.6 Å². The number of carbonyl (C=O) groups is 3. The Morgan fingerprint density at radius 3 is 2.77 bits per heavy atom. The van der Waals surface area contributed by atoms with Crippen LogP contribution in [0.25, 0.3) is 0 Å². The average molecular weight is 362 g/mol. The van der Waals surface area contributed by atoms with E-state index in [1.165, 1.54) is 14.0 Å². The first-order valence-corrected chi connectivity index (χ1v) is 8.77. The van der Waals surface area contributed by atoms with Gasteiger partial charge in [-0.1, -0.05) is 13.0 Å². The first-order valence-electron chi connectivity index (χ1n) is 8.77. The summed E-state index contributed by atoms with van der Waals surface area (Å²) in [5.41, 5.74) is 1.01. The zero-order chi connectivity index (χ0) is 19.1. The second-order valence-corrected chi connectivity index (χ2v) is 6.53. The number of hydrogen-bond donors (Lipinski definition) is 1. The minimum Gasteiger partial charge on any atom is -0.469 e. The zero-order valence-corrected chi connectivity index (χ0v) is 15.5. The first kappa shape index (κ1) is 19.9. The molecule has 2 unspecified atom stereocenters. The van der Waals surface area contributed by atoms with Crippen molar-refractivity contribution in [1.29, 1.82) is 0 Å². The number of amides is 2. The van der Waals surface area contributed by atoms with Gasteiger partial charge in [0.2, 0.25) is 5.91 Å². The van der Waals surface area contributed by atoms with Crippen molar-refractivity contribution in [2.75, 3.05) is 32.1 Å². The molecule has 2 amide bonds. The van der Waals surface area contributed by atoms with Gasteiger partial charge in [0.1, 0.15) is 0 Å². The molecule has 1 aliphatic rings. The largest absolute Gasteiger partial charge is 0.469 e. The first-order chi connectivity index (χ1) is 12.4. The molecule has 1 N–H and O–H groups in total. The summed E-state index contributed by atoms with van der Waals surface area (Å²) in [6.07, 6.45) is 1.84. The summed E-state index contributed by atoms with van der Waals surface area (Å²) < 4.78 is 10.4. The molecule has 1 heterocycles.